The lowest BCUT2D eigenvalue weighted by Gasteiger charge is -2.34. The molecule has 2 atom stereocenters. The summed E-state index contributed by atoms with van der Waals surface area (Å²) in [5, 5.41) is 12.9. The lowest BCUT2D eigenvalue weighted by atomic mass is 9.82. The van der Waals surface area contributed by atoms with Gasteiger partial charge < -0.3 is 10.4 Å². The zero-order valence-electron chi connectivity index (χ0n) is 22.6. The number of fused-ring (bicyclic) bond motifs is 1. The van der Waals surface area contributed by atoms with Gasteiger partial charge in [0.05, 0.1) is 23.3 Å². The summed E-state index contributed by atoms with van der Waals surface area (Å²) in [6.45, 7) is 10.2. The minimum Gasteiger partial charge on any atom is -0.394 e. The predicted molar refractivity (Wildman–Crippen MR) is 147 cm³/mol. The van der Waals surface area contributed by atoms with Gasteiger partial charge in [-0.05, 0) is 71.6 Å². The average molecular weight is 527 g/mol. The molecule has 2 aromatic carbocycles. The molecule has 6 nitrogen and oxygen atoms in total. The van der Waals surface area contributed by atoms with Crippen LogP contribution in [0.2, 0.25) is 0 Å². The van der Waals surface area contributed by atoms with E-state index in [0.717, 1.165) is 24.9 Å². The number of carbonyl (C=O) groups excluding carboxylic acids is 1. The molecule has 0 radical (unpaired) electrons. The van der Waals surface area contributed by atoms with Crippen molar-refractivity contribution < 1.29 is 18.3 Å². The van der Waals surface area contributed by atoms with Crippen molar-refractivity contribution in [3.05, 3.63) is 64.7 Å². The molecule has 0 bridgehead atoms. The number of hydrogen-bond donors (Lipinski definition) is 2. The van der Waals surface area contributed by atoms with Gasteiger partial charge in [-0.15, -0.1) is 0 Å². The first-order chi connectivity index (χ1) is 17.6. The highest BCUT2D eigenvalue weighted by Gasteiger charge is 2.34. The summed E-state index contributed by atoms with van der Waals surface area (Å²) in [6.07, 6.45) is 5.26. The first-order valence-electron chi connectivity index (χ1n) is 13.7. The Bertz CT molecular complexity index is 1180. The Morgan fingerprint density at radius 2 is 1.76 bits per heavy atom. The standard InChI is InChI=1S/C30H42N2O4S/c1-5-37(35,36)26-13-10-23(11-14-26)28(19-33)31-30(34)24-12-15-27-25(16-24)18-32(29(27)20(2)3)17-22-8-6-21(4)7-9-22/h10-16,20-22,28-29,33H,5-9,17-19H2,1-4H3,(H,31,34)/t21?,22?,28-,29-/m1/s1. The van der Waals surface area contributed by atoms with Crippen LogP contribution in [0, 0.1) is 17.8 Å². The summed E-state index contributed by atoms with van der Waals surface area (Å²) in [5.41, 5.74) is 3.78. The van der Waals surface area contributed by atoms with Gasteiger partial charge in [-0.25, -0.2) is 8.42 Å². The summed E-state index contributed by atoms with van der Waals surface area (Å²) in [7, 11) is -3.30. The van der Waals surface area contributed by atoms with Crippen molar-refractivity contribution in [1.29, 1.82) is 0 Å². The fraction of sp³-hybridized carbons (Fsp3) is 0.567. The third-order valence-corrected chi connectivity index (χ3v) is 10.0. The maximum Gasteiger partial charge on any atom is 0.251 e. The van der Waals surface area contributed by atoms with Gasteiger partial charge in [0.2, 0.25) is 0 Å². The van der Waals surface area contributed by atoms with Crippen LogP contribution in [0.4, 0.5) is 0 Å². The topological polar surface area (TPSA) is 86.7 Å². The summed E-state index contributed by atoms with van der Waals surface area (Å²) >= 11 is 0. The number of amides is 1. The van der Waals surface area contributed by atoms with Crippen molar-refractivity contribution in [2.45, 2.75) is 76.9 Å². The Kier molecular flexibility index (Phi) is 8.77. The van der Waals surface area contributed by atoms with Crippen molar-refractivity contribution in [2.75, 3.05) is 18.9 Å². The number of sulfone groups is 1. The van der Waals surface area contributed by atoms with Gasteiger partial charge >= 0.3 is 0 Å². The van der Waals surface area contributed by atoms with Crippen LogP contribution >= 0.6 is 0 Å². The second-order valence-electron chi connectivity index (χ2n) is 11.3. The molecule has 1 amide bonds. The van der Waals surface area contributed by atoms with Crippen molar-refractivity contribution in [3.63, 3.8) is 0 Å². The highest BCUT2D eigenvalue weighted by Crippen LogP contribution is 2.41. The van der Waals surface area contributed by atoms with E-state index in [1.165, 1.54) is 48.9 Å². The first kappa shape index (κ1) is 27.8. The molecule has 0 spiro atoms. The Morgan fingerprint density at radius 1 is 1.08 bits per heavy atom. The van der Waals surface area contributed by atoms with E-state index in [1.54, 1.807) is 19.1 Å². The minimum atomic E-state index is -3.30. The van der Waals surface area contributed by atoms with Gasteiger partial charge in [-0.1, -0.05) is 58.7 Å². The van der Waals surface area contributed by atoms with Crippen LogP contribution in [0.3, 0.4) is 0 Å². The van der Waals surface area contributed by atoms with E-state index in [2.05, 4.69) is 37.1 Å². The molecule has 37 heavy (non-hydrogen) atoms. The largest absolute Gasteiger partial charge is 0.394 e. The van der Waals surface area contributed by atoms with Crippen LogP contribution in [0.1, 0.15) is 92.5 Å². The molecule has 0 saturated heterocycles. The first-order valence-corrected chi connectivity index (χ1v) is 15.4. The zero-order valence-corrected chi connectivity index (χ0v) is 23.4. The van der Waals surface area contributed by atoms with E-state index >= 15 is 0 Å². The van der Waals surface area contributed by atoms with Crippen LogP contribution in [-0.4, -0.2) is 43.2 Å². The normalized spacial score (nSPS) is 23.1. The fourth-order valence-electron chi connectivity index (χ4n) is 6.04. The van der Waals surface area contributed by atoms with Crippen LogP contribution in [-0.2, 0) is 16.4 Å². The van der Waals surface area contributed by atoms with Crippen molar-refractivity contribution in [2.24, 2.45) is 17.8 Å². The van der Waals surface area contributed by atoms with Gasteiger partial charge in [-0.3, -0.25) is 9.69 Å². The van der Waals surface area contributed by atoms with E-state index < -0.39 is 15.9 Å². The molecule has 0 aromatic heterocycles. The smallest absolute Gasteiger partial charge is 0.251 e. The zero-order chi connectivity index (χ0) is 26.7. The van der Waals surface area contributed by atoms with Crippen molar-refractivity contribution in [3.8, 4) is 0 Å². The van der Waals surface area contributed by atoms with Gasteiger partial charge in [-0.2, -0.15) is 0 Å². The molecular formula is C30H42N2O4S. The molecule has 1 saturated carbocycles. The van der Waals surface area contributed by atoms with E-state index in [4.69, 9.17) is 0 Å². The second kappa shape index (κ2) is 11.7. The predicted octanol–water partition coefficient (Wildman–Crippen LogP) is 5.28. The number of aliphatic hydroxyl groups is 1. The number of aliphatic hydroxyl groups excluding tert-OH is 1. The highest BCUT2D eigenvalue weighted by atomic mass is 32.2. The Hall–Kier alpha value is -2.22. The van der Waals surface area contributed by atoms with E-state index in [0.29, 0.717) is 23.1 Å². The van der Waals surface area contributed by atoms with Gasteiger partial charge in [0.25, 0.3) is 5.91 Å². The van der Waals surface area contributed by atoms with Gasteiger partial charge in [0.15, 0.2) is 9.84 Å². The lowest BCUT2D eigenvalue weighted by Crippen LogP contribution is -2.32. The van der Waals surface area contributed by atoms with Crippen LogP contribution < -0.4 is 5.32 Å². The SMILES string of the molecule is CCS(=O)(=O)c1ccc([C@@H](CO)NC(=O)c2ccc3c(c2)CN(CC2CCC(C)CC2)[C@@H]3C(C)C)cc1. The molecule has 7 heteroatoms. The molecular weight excluding hydrogens is 484 g/mol. The molecule has 1 heterocycles. The molecule has 2 aromatic rings. The van der Waals surface area contributed by atoms with Crippen LogP contribution in [0.15, 0.2) is 47.4 Å². The molecule has 202 valence electrons. The van der Waals surface area contributed by atoms with E-state index in [-0.39, 0.29) is 23.2 Å². The summed E-state index contributed by atoms with van der Waals surface area (Å²) in [4.78, 5) is 16.0. The Balaban J connectivity index is 1.47. The van der Waals surface area contributed by atoms with E-state index in [1.807, 2.05) is 12.1 Å². The summed E-state index contributed by atoms with van der Waals surface area (Å²) in [6, 6.07) is 12.1. The average Bonchev–Trinajstić information content (AvgIpc) is 3.25. The Morgan fingerprint density at radius 3 is 2.35 bits per heavy atom. The summed E-state index contributed by atoms with van der Waals surface area (Å²) in [5.74, 6) is 1.87. The highest BCUT2D eigenvalue weighted by molar-refractivity contribution is 7.91. The Labute approximate surface area is 222 Å². The molecule has 2 N–H and O–H groups in total. The molecule has 0 unspecified atom stereocenters. The third kappa shape index (κ3) is 6.27. The minimum absolute atomic E-state index is 0.0276. The number of rotatable bonds is 9. The maximum absolute atomic E-state index is 13.2. The second-order valence-corrected chi connectivity index (χ2v) is 13.6. The molecule has 1 fully saturated rings. The number of nitrogens with one attached hydrogen (secondary N) is 1. The maximum atomic E-state index is 13.2. The van der Waals surface area contributed by atoms with E-state index in [9.17, 15) is 18.3 Å². The molecule has 4 rings (SSSR count). The van der Waals surface area contributed by atoms with Gasteiger partial charge in [0.1, 0.15) is 0 Å². The number of nitrogens with zero attached hydrogens (tertiary/aromatic N) is 1. The molecule has 1 aliphatic carbocycles. The fourth-order valence-corrected chi connectivity index (χ4v) is 6.92. The van der Waals surface area contributed by atoms with Crippen LogP contribution in [0.25, 0.3) is 0 Å². The summed E-state index contributed by atoms with van der Waals surface area (Å²) < 4.78 is 24.2. The third-order valence-electron chi connectivity index (χ3n) is 8.26. The number of benzene rings is 2. The number of carbonyl (C=O) groups is 1. The number of hydrogen-bond acceptors (Lipinski definition) is 5. The molecule has 2 aliphatic rings. The monoisotopic (exact) mass is 526 g/mol. The molecule has 1 aliphatic heterocycles. The van der Waals surface area contributed by atoms with Crippen LogP contribution in [0.5, 0.6) is 0 Å². The quantitative estimate of drug-likeness (QED) is 0.464. The van der Waals surface area contributed by atoms with Crippen molar-refractivity contribution in [1.82, 2.24) is 10.2 Å². The lowest BCUT2D eigenvalue weighted by molar-refractivity contribution is 0.0916. The van der Waals surface area contributed by atoms with Gasteiger partial charge in [0, 0.05) is 24.7 Å². The van der Waals surface area contributed by atoms with Crippen molar-refractivity contribution >= 4 is 15.7 Å².